The second-order valence-electron chi connectivity index (χ2n) is 7.32. The van der Waals surface area contributed by atoms with E-state index in [-0.39, 0.29) is 25.4 Å². The third-order valence-electron chi connectivity index (χ3n) is 5.41. The maximum atomic E-state index is 12.2. The van der Waals surface area contributed by atoms with E-state index in [1.54, 1.807) is 30.3 Å². The highest BCUT2D eigenvalue weighted by Gasteiger charge is 2.63. The van der Waals surface area contributed by atoms with Crippen molar-refractivity contribution in [2.75, 3.05) is 13.2 Å². The van der Waals surface area contributed by atoms with Gasteiger partial charge in [-0.15, -0.1) is 0 Å². The zero-order valence-electron chi connectivity index (χ0n) is 15.8. The number of benzene rings is 2. The minimum Gasteiger partial charge on any atom is -0.390 e. The van der Waals surface area contributed by atoms with Crippen LogP contribution in [-0.2, 0) is 26.4 Å². The van der Waals surface area contributed by atoms with Crippen molar-refractivity contribution < 1.29 is 33.9 Å². The molecule has 0 radical (unpaired) electrons. The summed E-state index contributed by atoms with van der Waals surface area (Å²) in [6.07, 6.45) is -2.09. The van der Waals surface area contributed by atoms with E-state index in [2.05, 4.69) is 4.94 Å². The van der Waals surface area contributed by atoms with Crippen LogP contribution >= 0.6 is 11.6 Å². The van der Waals surface area contributed by atoms with Crippen LogP contribution in [0.3, 0.4) is 0 Å². The largest absolute Gasteiger partial charge is 0.390 e. The minimum absolute atomic E-state index is 0.0184. The number of aliphatic hydroxyl groups excluding tert-OH is 2. The predicted octanol–water partition coefficient (Wildman–Crippen LogP) is 2.76. The van der Waals surface area contributed by atoms with Gasteiger partial charge in [0.2, 0.25) is 11.6 Å². The maximum Gasteiger partial charge on any atom is 0.225 e. The SMILES string of the molecule is N#CCO[C@]12CO[C@](c3ccc(Cl)c(Cc4ccc(OF)cc4)c3)(CC(O)C1O)O2. The maximum absolute atomic E-state index is 12.2. The summed E-state index contributed by atoms with van der Waals surface area (Å²) in [4.78, 5) is 3.69. The quantitative estimate of drug-likeness (QED) is 0.719. The topological polar surface area (TPSA) is 101 Å². The average Bonchev–Trinajstić information content (AvgIpc) is 3.09. The number of hydrogen-bond acceptors (Lipinski definition) is 7. The lowest BCUT2D eigenvalue weighted by molar-refractivity contribution is -0.346. The van der Waals surface area contributed by atoms with Crippen molar-refractivity contribution in [3.8, 4) is 11.8 Å². The molecule has 7 nitrogen and oxygen atoms in total. The lowest BCUT2D eigenvalue weighted by Crippen LogP contribution is -2.58. The highest BCUT2D eigenvalue weighted by Crippen LogP contribution is 2.50. The standard InChI is InChI=1S/C21H19ClFNO6/c22-17-6-3-15(10-14(17)9-13-1-4-16(29-23)5-2-13)20-11-18(25)19(26)21(30-20,12-28-20)27-8-7-24/h1-6,10,18-19,25-26H,8-9,11-12H2/t18?,19?,20-,21+/m1/s1. The van der Waals surface area contributed by atoms with Gasteiger partial charge in [-0.3, -0.25) is 4.94 Å². The molecule has 2 unspecified atom stereocenters. The number of rotatable bonds is 6. The summed E-state index contributed by atoms with van der Waals surface area (Å²) in [6.45, 7) is -0.469. The molecular formula is C21H19ClFNO6. The molecule has 158 valence electrons. The number of hydrogen-bond donors (Lipinski definition) is 2. The van der Waals surface area contributed by atoms with Gasteiger partial charge in [-0.1, -0.05) is 29.8 Å². The van der Waals surface area contributed by atoms with Gasteiger partial charge < -0.3 is 24.4 Å². The Morgan fingerprint density at radius 2 is 2.00 bits per heavy atom. The van der Waals surface area contributed by atoms with E-state index in [1.807, 2.05) is 6.07 Å². The number of fused-ring (bicyclic) bond motifs is 2. The van der Waals surface area contributed by atoms with E-state index in [1.165, 1.54) is 12.1 Å². The summed E-state index contributed by atoms with van der Waals surface area (Å²) in [5.41, 5.74) is 2.24. The van der Waals surface area contributed by atoms with Crippen molar-refractivity contribution >= 4 is 11.6 Å². The Kier molecular flexibility index (Phi) is 5.68. The van der Waals surface area contributed by atoms with Crippen LogP contribution in [0.2, 0.25) is 5.02 Å². The van der Waals surface area contributed by atoms with Crippen LogP contribution < -0.4 is 4.94 Å². The molecule has 0 aromatic heterocycles. The first kappa shape index (κ1) is 21.0. The Bertz CT molecular complexity index is 967. The van der Waals surface area contributed by atoms with E-state index in [4.69, 9.17) is 31.1 Å². The smallest absolute Gasteiger partial charge is 0.225 e. The highest BCUT2D eigenvalue weighted by atomic mass is 35.5. The van der Waals surface area contributed by atoms with Crippen LogP contribution in [0.15, 0.2) is 42.5 Å². The molecule has 2 N–H and O–H groups in total. The van der Waals surface area contributed by atoms with E-state index in [0.29, 0.717) is 17.0 Å². The first-order chi connectivity index (χ1) is 14.4. The van der Waals surface area contributed by atoms with E-state index in [9.17, 15) is 14.7 Å². The number of nitriles is 1. The molecule has 2 aromatic rings. The van der Waals surface area contributed by atoms with Crippen LogP contribution in [0.5, 0.6) is 5.75 Å². The fourth-order valence-electron chi connectivity index (χ4n) is 3.88. The molecule has 2 heterocycles. The van der Waals surface area contributed by atoms with Crippen LogP contribution in [0.1, 0.15) is 23.1 Å². The molecule has 9 heteroatoms. The number of halogens is 2. The number of aliphatic hydroxyl groups is 2. The van der Waals surface area contributed by atoms with Crippen molar-refractivity contribution in [1.82, 2.24) is 0 Å². The van der Waals surface area contributed by atoms with Gasteiger partial charge in [0.1, 0.15) is 19.3 Å². The molecule has 2 fully saturated rings. The molecule has 0 amide bonds. The van der Waals surface area contributed by atoms with Gasteiger partial charge in [0.05, 0.1) is 12.2 Å². The molecule has 2 aliphatic rings. The summed E-state index contributed by atoms with van der Waals surface area (Å²) in [6, 6.07) is 13.5. The fourth-order valence-corrected chi connectivity index (χ4v) is 4.06. The van der Waals surface area contributed by atoms with Crippen LogP contribution in [-0.4, -0.2) is 41.4 Å². The molecule has 0 saturated carbocycles. The minimum atomic E-state index is -1.63. The van der Waals surface area contributed by atoms with Gasteiger partial charge in [-0.2, -0.15) is 5.26 Å². The first-order valence-corrected chi connectivity index (χ1v) is 9.67. The third-order valence-corrected chi connectivity index (χ3v) is 5.78. The fraction of sp³-hybridized carbons (Fsp3) is 0.381. The normalized spacial score (nSPS) is 30.1. The van der Waals surface area contributed by atoms with Gasteiger partial charge >= 0.3 is 0 Å². The average molecular weight is 436 g/mol. The number of nitrogens with zero attached hydrogens (tertiary/aromatic N) is 1. The molecule has 4 rings (SSSR count). The van der Waals surface area contributed by atoms with Gasteiger partial charge in [-0.05, 0) is 41.8 Å². The molecule has 2 aliphatic heterocycles. The molecule has 2 saturated heterocycles. The van der Waals surface area contributed by atoms with Gasteiger partial charge in [0, 0.05) is 21.5 Å². The second-order valence-corrected chi connectivity index (χ2v) is 7.73. The Balaban J connectivity index is 1.64. The summed E-state index contributed by atoms with van der Waals surface area (Å²) in [5.74, 6) is -2.87. The van der Waals surface area contributed by atoms with Gasteiger partial charge in [-0.25, -0.2) is 0 Å². The lowest BCUT2D eigenvalue weighted by atomic mass is 9.90. The van der Waals surface area contributed by atoms with E-state index >= 15 is 0 Å². The molecule has 2 aromatic carbocycles. The predicted molar refractivity (Wildman–Crippen MR) is 102 cm³/mol. The first-order valence-electron chi connectivity index (χ1n) is 9.29. The molecule has 0 aliphatic carbocycles. The van der Waals surface area contributed by atoms with Crippen molar-refractivity contribution in [3.05, 3.63) is 64.2 Å². The molecule has 2 bridgehead atoms. The lowest BCUT2D eigenvalue weighted by Gasteiger charge is -2.42. The Morgan fingerprint density at radius 3 is 2.70 bits per heavy atom. The highest BCUT2D eigenvalue weighted by molar-refractivity contribution is 6.31. The summed E-state index contributed by atoms with van der Waals surface area (Å²) in [5, 5.41) is 30.2. The second kappa shape index (κ2) is 8.12. The van der Waals surface area contributed by atoms with Crippen molar-refractivity contribution in [2.45, 2.75) is 36.6 Å². The van der Waals surface area contributed by atoms with Gasteiger partial charge in [0.25, 0.3) is 0 Å². The third kappa shape index (κ3) is 3.65. The van der Waals surface area contributed by atoms with E-state index < -0.39 is 23.8 Å². The van der Waals surface area contributed by atoms with Crippen molar-refractivity contribution in [3.63, 3.8) is 0 Å². The molecular weight excluding hydrogens is 417 g/mol. The Hall–Kier alpha value is -2.25. The van der Waals surface area contributed by atoms with Gasteiger partial charge in [0.15, 0.2) is 5.75 Å². The van der Waals surface area contributed by atoms with Crippen LogP contribution in [0.25, 0.3) is 0 Å². The zero-order chi connectivity index (χ0) is 21.4. The Morgan fingerprint density at radius 1 is 1.23 bits per heavy atom. The zero-order valence-corrected chi connectivity index (χ0v) is 16.5. The monoisotopic (exact) mass is 435 g/mol. The molecule has 30 heavy (non-hydrogen) atoms. The van der Waals surface area contributed by atoms with Crippen molar-refractivity contribution in [1.29, 1.82) is 5.26 Å². The summed E-state index contributed by atoms with van der Waals surface area (Å²) >= 11 is 6.37. The summed E-state index contributed by atoms with van der Waals surface area (Å²) < 4.78 is 29.6. The number of ether oxygens (including phenoxy) is 3. The van der Waals surface area contributed by atoms with Crippen molar-refractivity contribution in [2.24, 2.45) is 0 Å². The van der Waals surface area contributed by atoms with Crippen LogP contribution in [0, 0.1) is 11.3 Å². The summed E-state index contributed by atoms with van der Waals surface area (Å²) in [7, 11) is 0. The van der Waals surface area contributed by atoms with E-state index in [0.717, 1.165) is 11.1 Å². The Labute approximate surface area is 177 Å². The van der Waals surface area contributed by atoms with Crippen LogP contribution in [0.4, 0.5) is 4.53 Å². The molecule has 4 atom stereocenters. The molecule has 0 spiro atoms.